The van der Waals surface area contributed by atoms with Crippen LogP contribution < -0.4 is 15.8 Å². The summed E-state index contributed by atoms with van der Waals surface area (Å²) in [5.74, 6) is 0.584. The molecule has 22 heavy (non-hydrogen) atoms. The fourth-order valence-electron chi connectivity index (χ4n) is 2.64. The van der Waals surface area contributed by atoms with Crippen molar-refractivity contribution in [1.29, 1.82) is 0 Å². The molecule has 0 aliphatic heterocycles. The van der Waals surface area contributed by atoms with E-state index in [-0.39, 0.29) is 18.3 Å². The lowest BCUT2D eigenvalue weighted by Crippen LogP contribution is -2.15. The van der Waals surface area contributed by atoms with E-state index < -0.39 is 0 Å². The quantitative estimate of drug-likeness (QED) is 0.834. The molecule has 0 radical (unpaired) electrons. The number of anilines is 2. The van der Waals surface area contributed by atoms with Crippen molar-refractivity contribution < 1.29 is 9.53 Å². The summed E-state index contributed by atoms with van der Waals surface area (Å²) in [7, 11) is 1.59. The summed E-state index contributed by atoms with van der Waals surface area (Å²) in [6.45, 7) is 0. The zero-order chi connectivity index (χ0) is 14.8. The van der Waals surface area contributed by atoms with E-state index in [0.717, 1.165) is 24.8 Å². The number of nitrogens with one attached hydrogen (secondary N) is 1. The van der Waals surface area contributed by atoms with Gasteiger partial charge in [0.25, 0.3) is 5.91 Å². The van der Waals surface area contributed by atoms with Crippen molar-refractivity contribution in [2.45, 2.75) is 25.7 Å². The number of aryl methyl sites for hydroxylation is 1. The molecule has 0 unspecified atom stereocenters. The summed E-state index contributed by atoms with van der Waals surface area (Å²) in [6.07, 6.45) is 4.46. The zero-order valence-electron chi connectivity index (χ0n) is 12.3. The number of rotatable bonds is 3. The molecule has 6 heteroatoms. The van der Waals surface area contributed by atoms with Gasteiger partial charge in [-0.05, 0) is 43.4 Å². The number of thiophene rings is 1. The molecule has 0 fully saturated rings. The summed E-state index contributed by atoms with van der Waals surface area (Å²) in [5, 5.41) is 4.86. The van der Waals surface area contributed by atoms with E-state index in [1.165, 1.54) is 16.9 Å². The Kier molecular flexibility index (Phi) is 5.32. The first kappa shape index (κ1) is 16.6. The Morgan fingerprint density at radius 1 is 1.32 bits per heavy atom. The molecule has 1 aromatic heterocycles. The van der Waals surface area contributed by atoms with Gasteiger partial charge in [0.15, 0.2) is 0 Å². The second-order valence-electron chi connectivity index (χ2n) is 5.17. The largest absolute Gasteiger partial charge is 0.497 e. The Morgan fingerprint density at radius 2 is 2.09 bits per heavy atom. The molecule has 0 atom stereocenters. The molecule has 1 aliphatic rings. The van der Waals surface area contributed by atoms with Crippen molar-refractivity contribution in [3.05, 3.63) is 39.6 Å². The van der Waals surface area contributed by atoms with Gasteiger partial charge in [-0.25, -0.2) is 0 Å². The molecule has 0 bridgehead atoms. The molecule has 3 N–H and O–H groups in total. The van der Waals surface area contributed by atoms with Crippen molar-refractivity contribution in [1.82, 2.24) is 0 Å². The predicted octanol–water partition coefficient (Wildman–Crippen LogP) is 3.89. The Hall–Kier alpha value is -1.72. The maximum absolute atomic E-state index is 12.5. The first-order valence-corrected chi connectivity index (χ1v) is 7.91. The maximum Gasteiger partial charge on any atom is 0.256 e. The fraction of sp³-hybridized carbons (Fsp3) is 0.312. The van der Waals surface area contributed by atoms with Gasteiger partial charge in [0, 0.05) is 16.3 Å². The monoisotopic (exact) mass is 338 g/mol. The highest BCUT2D eigenvalue weighted by atomic mass is 35.5. The van der Waals surface area contributed by atoms with Crippen LogP contribution in [0.2, 0.25) is 0 Å². The Morgan fingerprint density at radius 3 is 2.86 bits per heavy atom. The van der Waals surface area contributed by atoms with Crippen LogP contribution in [0.4, 0.5) is 11.4 Å². The summed E-state index contributed by atoms with van der Waals surface area (Å²) in [6, 6.07) is 5.25. The average Bonchev–Trinajstić information content (AvgIpc) is 2.93. The van der Waals surface area contributed by atoms with Crippen LogP contribution in [0.5, 0.6) is 5.75 Å². The normalized spacial score (nSPS) is 13.0. The van der Waals surface area contributed by atoms with Crippen molar-refractivity contribution in [3.63, 3.8) is 0 Å². The molecule has 1 aliphatic carbocycles. The number of carbonyl (C=O) groups is 1. The molecular weight excluding hydrogens is 320 g/mol. The molecular formula is C16H19ClN2O2S. The minimum atomic E-state index is -0.0886. The molecule has 0 saturated heterocycles. The van der Waals surface area contributed by atoms with Gasteiger partial charge in [0.05, 0.1) is 24.0 Å². The molecule has 118 valence electrons. The molecule has 1 heterocycles. The van der Waals surface area contributed by atoms with Crippen LogP contribution in [0.25, 0.3) is 0 Å². The highest BCUT2D eigenvalue weighted by Crippen LogP contribution is 2.31. The molecule has 2 aromatic rings. The minimum Gasteiger partial charge on any atom is -0.497 e. The summed E-state index contributed by atoms with van der Waals surface area (Å²) in [5.41, 5.74) is 9.05. The van der Waals surface area contributed by atoms with Crippen LogP contribution in [-0.2, 0) is 12.8 Å². The van der Waals surface area contributed by atoms with Gasteiger partial charge in [-0.15, -0.1) is 23.7 Å². The van der Waals surface area contributed by atoms with Crippen LogP contribution in [0.3, 0.4) is 0 Å². The number of nitrogen functional groups attached to an aromatic ring is 1. The Bertz CT molecular complexity index is 685. The van der Waals surface area contributed by atoms with E-state index in [1.807, 2.05) is 5.38 Å². The third-order valence-corrected chi connectivity index (χ3v) is 4.90. The standard InChI is InChI=1S/C16H18N2O2S.ClH/c1-20-10-6-7-13(17)14(8-10)18-16(19)12-9-21-15-5-3-2-4-11(12)15;/h6-9H,2-5,17H2,1H3,(H,18,19);1H. The number of benzene rings is 1. The van der Waals surface area contributed by atoms with Crippen LogP contribution in [0, 0.1) is 0 Å². The van der Waals surface area contributed by atoms with Crippen molar-refractivity contribution in [3.8, 4) is 5.75 Å². The molecule has 1 amide bonds. The fourth-order valence-corrected chi connectivity index (χ4v) is 3.77. The van der Waals surface area contributed by atoms with Crippen LogP contribution >= 0.6 is 23.7 Å². The van der Waals surface area contributed by atoms with E-state index in [4.69, 9.17) is 10.5 Å². The lowest BCUT2D eigenvalue weighted by atomic mass is 9.95. The highest BCUT2D eigenvalue weighted by molar-refractivity contribution is 7.10. The van der Waals surface area contributed by atoms with E-state index in [1.54, 1.807) is 36.6 Å². The third kappa shape index (κ3) is 3.20. The summed E-state index contributed by atoms with van der Waals surface area (Å²) in [4.78, 5) is 13.9. The van der Waals surface area contributed by atoms with Gasteiger partial charge in [-0.2, -0.15) is 0 Å². The topological polar surface area (TPSA) is 64.3 Å². The zero-order valence-corrected chi connectivity index (χ0v) is 14.0. The van der Waals surface area contributed by atoms with E-state index in [0.29, 0.717) is 17.1 Å². The SMILES string of the molecule is COc1ccc(N)c(NC(=O)c2csc3c2CCCC3)c1.Cl. The van der Waals surface area contributed by atoms with Crippen LogP contribution in [0.15, 0.2) is 23.6 Å². The lowest BCUT2D eigenvalue weighted by molar-refractivity contribution is 0.102. The molecule has 4 nitrogen and oxygen atoms in total. The second kappa shape index (κ2) is 7.03. The average molecular weight is 339 g/mol. The first-order valence-electron chi connectivity index (χ1n) is 7.03. The van der Waals surface area contributed by atoms with Gasteiger partial charge in [-0.3, -0.25) is 4.79 Å². The number of halogens is 1. The molecule has 0 spiro atoms. The molecule has 1 aromatic carbocycles. The van der Waals surface area contributed by atoms with Gasteiger partial charge in [-0.1, -0.05) is 0 Å². The number of hydrogen-bond acceptors (Lipinski definition) is 4. The van der Waals surface area contributed by atoms with Gasteiger partial charge in [0.1, 0.15) is 5.75 Å². The first-order chi connectivity index (χ1) is 10.2. The van der Waals surface area contributed by atoms with Crippen molar-refractivity contribution in [2.75, 3.05) is 18.2 Å². The second-order valence-corrected chi connectivity index (χ2v) is 6.13. The van der Waals surface area contributed by atoms with Gasteiger partial charge >= 0.3 is 0 Å². The lowest BCUT2D eigenvalue weighted by Gasteiger charge is -2.13. The molecule has 3 rings (SSSR count). The minimum absolute atomic E-state index is 0. The number of amides is 1. The Balaban J connectivity index is 0.00000176. The smallest absolute Gasteiger partial charge is 0.256 e. The van der Waals surface area contributed by atoms with Crippen LogP contribution in [-0.4, -0.2) is 13.0 Å². The summed E-state index contributed by atoms with van der Waals surface area (Å²) >= 11 is 1.69. The van der Waals surface area contributed by atoms with Crippen molar-refractivity contribution in [2.24, 2.45) is 0 Å². The van der Waals surface area contributed by atoms with Crippen LogP contribution in [0.1, 0.15) is 33.6 Å². The molecule has 0 saturated carbocycles. The number of carbonyl (C=O) groups excluding carboxylic acids is 1. The summed E-state index contributed by atoms with van der Waals surface area (Å²) < 4.78 is 5.17. The number of nitrogens with two attached hydrogens (primary N) is 1. The predicted molar refractivity (Wildman–Crippen MR) is 93.6 cm³/mol. The number of fused-ring (bicyclic) bond motifs is 1. The third-order valence-electron chi connectivity index (χ3n) is 3.81. The maximum atomic E-state index is 12.5. The van der Waals surface area contributed by atoms with E-state index >= 15 is 0 Å². The van der Waals surface area contributed by atoms with Crippen molar-refractivity contribution >= 4 is 41.0 Å². The van der Waals surface area contributed by atoms with E-state index in [2.05, 4.69) is 5.32 Å². The highest BCUT2D eigenvalue weighted by Gasteiger charge is 2.20. The van der Waals surface area contributed by atoms with Gasteiger partial charge in [0.2, 0.25) is 0 Å². The number of ether oxygens (including phenoxy) is 1. The van der Waals surface area contributed by atoms with Gasteiger partial charge < -0.3 is 15.8 Å². The Labute approximate surface area is 140 Å². The van der Waals surface area contributed by atoms with E-state index in [9.17, 15) is 4.79 Å². The number of methoxy groups -OCH3 is 1. The number of hydrogen-bond donors (Lipinski definition) is 2.